The first kappa shape index (κ1) is 22.4. The second kappa shape index (κ2) is 7.85. The molecular formula is C30H29NO2S. The van der Waals surface area contributed by atoms with Gasteiger partial charge in [-0.05, 0) is 46.5 Å². The van der Waals surface area contributed by atoms with Crippen molar-refractivity contribution in [2.45, 2.75) is 48.3 Å². The van der Waals surface area contributed by atoms with E-state index in [4.69, 9.17) is 0 Å². The minimum atomic E-state index is -3.69. The van der Waals surface area contributed by atoms with Gasteiger partial charge in [0.2, 0.25) is 9.84 Å². The first-order valence-corrected chi connectivity index (χ1v) is 13.0. The van der Waals surface area contributed by atoms with Crippen LogP contribution in [0.2, 0.25) is 0 Å². The molecule has 0 aromatic heterocycles. The van der Waals surface area contributed by atoms with Gasteiger partial charge in [-0.3, -0.25) is 0 Å². The molecule has 0 bridgehead atoms. The predicted octanol–water partition coefficient (Wildman–Crippen LogP) is 7.23. The molecule has 0 atom stereocenters. The highest BCUT2D eigenvalue weighted by atomic mass is 32.2. The molecule has 0 radical (unpaired) electrons. The lowest BCUT2D eigenvalue weighted by molar-refractivity contribution is 0.592. The summed E-state index contributed by atoms with van der Waals surface area (Å²) in [5.74, 6) is 0. The fourth-order valence-corrected chi connectivity index (χ4v) is 6.40. The van der Waals surface area contributed by atoms with Crippen LogP contribution in [0.5, 0.6) is 0 Å². The Morgan fingerprint density at radius 2 is 0.912 bits per heavy atom. The highest BCUT2D eigenvalue weighted by molar-refractivity contribution is 7.92. The average Bonchev–Trinajstić information content (AvgIpc) is 2.85. The molecule has 0 saturated carbocycles. The topological polar surface area (TPSA) is 46.2 Å². The monoisotopic (exact) mass is 467 g/mol. The third-order valence-electron chi connectivity index (χ3n) is 7.25. The Bertz CT molecular complexity index is 1360. The molecular weight excluding hydrogens is 438 g/mol. The van der Waals surface area contributed by atoms with Crippen molar-refractivity contribution in [3.05, 3.63) is 119 Å². The van der Waals surface area contributed by atoms with E-state index in [1.54, 1.807) is 0 Å². The van der Waals surface area contributed by atoms with Crippen molar-refractivity contribution < 1.29 is 8.42 Å². The van der Waals surface area contributed by atoms with Crippen LogP contribution < -0.4 is 5.32 Å². The van der Waals surface area contributed by atoms with Gasteiger partial charge < -0.3 is 5.32 Å². The van der Waals surface area contributed by atoms with Crippen molar-refractivity contribution >= 4 is 21.2 Å². The lowest BCUT2D eigenvalue weighted by Gasteiger charge is -2.30. The van der Waals surface area contributed by atoms with Crippen LogP contribution in [-0.2, 0) is 20.7 Å². The molecule has 1 N–H and O–H groups in total. The number of nitrogens with one attached hydrogen (secondary N) is 1. The van der Waals surface area contributed by atoms with Gasteiger partial charge >= 0.3 is 0 Å². The first-order valence-electron chi connectivity index (χ1n) is 11.5. The minimum absolute atomic E-state index is 0.330. The Balaban J connectivity index is 1.61. The summed E-state index contributed by atoms with van der Waals surface area (Å²) >= 11 is 0. The zero-order valence-electron chi connectivity index (χ0n) is 20.0. The second-order valence-corrected chi connectivity index (χ2v) is 11.9. The van der Waals surface area contributed by atoms with E-state index in [2.05, 4.69) is 57.3 Å². The van der Waals surface area contributed by atoms with E-state index in [0.717, 1.165) is 22.3 Å². The Labute approximate surface area is 202 Å². The molecule has 1 aliphatic rings. The van der Waals surface area contributed by atoms with E-state index in [-0.39, 0.29) is 10.8 Å². The SMILES string of the molecule is CC(C)(c1ccccc1)c1ccc2c(c1)S(=O)(=O)c1cc(C(C)(C)c3ccccc3)ccc1N2. The lowest BCUT2D eigenvalue weighted by Crippen LogP contribution is -2.22. The van der Waals surface area contributed by atoms with Gasteiger partial charge in [-0.25, -0.2) is 8.42 Å². The summed E-state index contributed by atoms with van der Waals surface area (Å²) in [6.07, 6.45) is 0. The maximum atomic E-state index is 13.9. The normalized spacial score (nSPS) is 14.6. The van der Waals surface area contributed by atoms with Gasteiger partial charge in [0.05, 0.1) is 21.2 Å². The van der Waals surface area contributed by atoms with Crippen molar-refractivity contribution in [1.29, 1.82) is 0 Å². The fourth-order valence-electron chi connectivity index (χ4n) is 4.78. The van der Waals surface area contributed by atoms with Gasteiger partial charge in [0.1, 0.15) is 0 Å². The summed E-state index contributed by atoms with van der Waals surface area (Å²) in [5.41, 5.74) is 4.79. The standard InChI is InChI=1S/C30H29NO2S/c1-29(2,21-11-7-5-8-12-21)23-15-17-25-27(19-23)34(32,33)28-20-24(16-18-26(28)31-25)30(3,4)22-13-9-6-10-14-22/h5-20,31H,1-4H3. The van der Waals surface area contributed by atoms with Crippen molar-refractivity contribution in [3.63, 3.8) is 0 Å². The maximum Gasteiger partial charge on any atom is 0.210 e. The minimum Gasteiger partial charge on any atom is -0.353 e. The van der Waals surface area contributed by atoms with E-state index in [0.29, 0.717) is 21.2 Å². The van der Waals surface area contributed by atoms with E-state index >= 15 is 0 Å². The van der Waals surface area contributed by atoms with Crippen LogP contribution in [0.4, 0.5) is 11.4 Å². The Hall–Kier alpha value is -3.37. The predicted molar refractivity (Wildman–Crippen MR) is 139 cm³/mol. The summed E-state index contributed by atoms with van der Waals surface area (Å²) in [7, 11) is -3.69. The van der Waals surface area contributed by atoms with E-state index < -0.39 is 9.84 Å². The smallest absolute Gasteiger partial charge is 0.210 e. The highest BCUT2D eigenvalue weighted by Crippen LogP contribution is 2.44. The molecule has 0 amide bonds. The fraction of sp³-hybridized carbons (Fsp3) is 0.200. The van der Waals surface area contributed by atoms with Gasteiger partial charge in [0.15, 0.2) is 0 Å². The molecule has 1 aliphatic heterocycles. The molecule has 4 aromatic carbocycles. The molecule has 34 heavy (non-hydrogen) atoms. The molecule has 3 nitrogen and oxygen atoms in total. The highest BCUT2D eigenvalue weighted by Gasteiger charge is 2.34. The zero-order chi connectivity index (χ0) is 24.1. The van der Waals surface area contributed by atoms with Crippen LogP contribution in [0.3, 0.4) is 0 Å². The summed E-state index contributed by atoms with van der Waals surface area (Å²) < 4.78 is 27.8. The van der Waals surface area contributed by atoms with E-state index in [1.807, 2.05) is 72.8 Å². The second-order valence-electron chi connectivity index (χ2n) is 10.0. The van der Waals surface area contributed by atoms with Crippen LogP contribution in [0.1, 0.15) is 49.9 Å². The van der Waals surface area contributed by atoms with Crippen molar-refractivity contribution in [2.75, 3.05) is 5.32 Å². The number of fused-ring (bicyclic) bond motifs is 2. The average molecular weight is 468 g/mol. The molecule has 0 spiro atoms. The molecule has 0 saturated heterocycles. The van der Waals surface area contributed by atoms with Crippen LogP contribution >= 0.6 is 0 Å². The Kier molecular flexibility index (Phi) is 5.18. The number of benzene rings is 4. The Morgan fingerprint density at radius 3 is 1.29 bits per heavy atom. The van der Waals surface area contributed by atoms with Gasteiger partial charge in [-0.2, -0.15) is 0 Å². The third-order valence-corrected chi connectivity index (χ3v) is 9.08. The van der Waals surface area contributed by atoms with Gasteiger partial charge in [0.25, 0.3) is 0 Å². The van der Waals surface area contributed by atoms with Crippen molar-refractivity contribution in [1.82, 2.24) is 0 Å². The molecule has 4 heteroatoms. The van der Waals surface area contributed by atoms with Gasteiger partial charge in [-0.1, -0.05) is 100 Å². The zero-order valence-corrected chi connectivity index (χ0v) is 20.8. The quantitative estimate of drug-likeness (QED) is 0.303. The summed E-state index contributed by atoms with van der Waals surface area (Å²) in [4.78, 5) is 0.660. The molecule has 0 fully saturated rings. The summed E-state index contributed by atoms with van der Waals surface area (Å²) in [5, 5.41) is 3.35. The van der Waals surface area contributed by atoms with E-state index in [1.165, 1.54) is 0 Å². The Morgan fingerprint density at radius 1 is 0.529 bits per heavy atom. The summed E-state index contributed by atoms with van der Waals surface area (Å²) in [6.45, 7) is 8.51. The number of anilines is 2. The third kappa shape index (κ3) is 3.54. The molecule has 4 aromatic rings. The molecule has 5 rings (SSSR count). The number of hydrogen-bond donors (Lipinski definition) is 1. The molecule has 172 valence electrons. The van der Waals surface area contributed by atoms with Gasteiger partial charge in [0, 0.05) is 10.8 Å². The molecule has 0 unspecified atom stereocenters. The largest absolute Gasteiger partial charge is 0.353 e. The molecule has 0 aliphatic carbocycles. The van der Waals surface area contributed by atoms with Crippen molar-refractivity contribution in [2.24, 2.45) is 0 Å². The van der Waals surface area contributed by atoms with Crippen LogP contribution in [0.15, 0.2) is 107 Å². The van der Waals surface area contributed by atoms with Crippen molar-refractivity contribution in [3.8, 4) is 0 Å². The first-order chi connectivity index (χ1) is 16.1. The maximum absolute atomic E-state index is 13.9. The van der Waals surface area contributed by atoms with E-state index in [9.17, 15) is 8.42 Å². The van der Waals surface area contributed by atoms with Crippen LogP contribution in [0, 0.1) is 0 Å². The van der Waals surface area contributed by atoms with Gasteiger partial charge in [-0.15, -0.1) is 0 Å². The van der Waals surface area contributed by atoms with Crippen LogP contribution in [-0.4, -0.2) is 8.42 Å². The van der Waals surface area contributed by atoms with Crippen LogP contribution in [0.25, 0.3) is 0 Å². The number of hydrogen-bond acceptors (Lipinski definition) is 3. The number of sulfone groups is 1. The molecule has 1 heterocycles. The summed E-state index contributed by atoms with van der Waals surface area (Å²) in [6, 6.07) is 31.9. The number of rotatable bonds is 4. The lowest BCUT2D eigenvalue weighted by atomic mass is 9.78.